The molecule has 0 spiro atoms. The van der Waals surface area contributed by atoms with Crippen molar-refractivity contribution in [2.24, 2.45) is 0 Å². The normalized spacial score (nSPS) is 13.0. The van der Waals surface area contributed by atoms with Gasteiger partial charge in [0.25, 0.3) is 0 Å². The van der Waals surface area contributed by atoms with E-state index in [0.29, 0.717) is 14.3 Å². The first-order valence-electron chi connectivity index (χ1n) is 7.93. The molecule has 0 saturated heterocycles. The lowest BCUT2D eigenvalue weighted by molar-refractivity contribution is 0.0797. The highest BCUT2D eigenvalue weighted by Crippen LogP contribution is 2.34. The molecule has 0 radical (unpaired) electrons. The van der Waals surface area contributed by atoms with E-state index in [4.69, 9.17) is 0 Å². The maximum absolute atomic E-state index is 10.7. The largest absolute Gasteiger partial charge is 0.507 e. The van der Waals surface area contributed by atoms with Gasteiger partial charge in [-0.2, -0.15) is 0 Å². The maximum Gasteiger partial charge on any atom is 0.127 e. The number of benzene rings is 2. The lowest BCUT2D eigenvalue weighted by atomic mass is 9.85. The van der Waals surface area contributed by atoms with Crippen LogP contribution in [0.4, 0.5) is 0 Å². The smallest absolute Gasteiger partial charge is 0.127 e. The Labute approximate surface area is 141 Å². The second-order valence-corrected chi connectivity index (χ2v) is 9.02. The van der Waals surface area contributed by atoms with E-state index < -0.39 is 5.60 Å². The minimum atomic E-state index is -0.893. The molecule has 0 aromatic heterocycles. The van der Waals surface area contributed by atoms with Gasteiger partial charge in [-0.25, -0.2) is 0 Å². The van der Waals surface area contributed by atoms with Crippen LogP contribution in [0, 0.1) is 6.92 Å². The fraction of sp³-hybridized carbons (Fsp3) is 0.400. The minimum Gasteiger partial charge on any atom is -0.507 e. The molecule has 0 aliphatic rings. The van der Waals surface area contributed by atoms with Gasteiger partial charge in [-0.15, -0.1) is 0 Å². The van der Waals surface area contributed by atoms with Crippen LogP contribution in [0.3, 0.4) is 0 Å². The third kappa shape index (κ3) is 4.13. The Kier molecular flexibility index (Phi) is 4.89. The number of phenols is 1. The lowest BCUT2D eigenvalue weighted by Crippen LogP contribution is -2.24. The Morgan fingerprint density at radius 2 is 1.48 bits per heavy atom. The van der Waals surface area contributed by atoms with Crippen molar-refractivity contribution in [2.75, 3.05) is 0 Å². The van der Waals surface area contributed by atoms with E-state index in [2.05, 4.69) is 33.8 Å². The van der Waals surface area contributed by atoms with E-state index in [-0.39, 0.29) is 5.41 Å². The molecular formula is C20H27O2P. The van der Waals surface area contributed by atoms with Crippen LogP contribution in [0.15, 0.2) is 36.4 Å². The summed E-state index contributed by atoms with van der Waals surface area (Å²) in [6.07, 6.45) is 0. The molecule has 124 valence electrons. The topological polar surface area (TPSA) is 40.5 Å². The average molecular weight is 330 g/mol. The fourth-order valence-corrected chi connectivity index (χ4v) is 4.26. The van der Waals surface area contributed by atoms with E-state index in [1.165, 1.54) is 0 Å². The van der Waals surface area contributed by atoms with Crippen LogP contribution in [0.1, 0.15) is 51.3 Å². The Balaban J connectivity index is 2.53. The van der Waals surface area contributed by atoms with Crippen LogP contribution >= 0.6 is 8.58 Å². The van der Waals surface area contributed by atoms with Crippen molar-refractivity contribution in [2.45, 2.75) is 52.6 Å². The molecule has 2 aromatic carbocycles. The number of aliphatic hydroxyl groups is 1. The average Bonchev–Trinajstić information content (AvgIpc) is 2.40. The van der Waals surface area contributed by atoms with Gasteiger partial charge in [0.1, 0.15) is 5.75 Å². The van der Waals surface area contributed by atoms with Crippen molar-refractivity contribution in [1.29, 1.82) is 0 Å². The van der Waals surface area contributed by atoms with Gasteiger partial charge in [-0.05, 0) is 48.7 Å². The van der Waals surface area contributed by atoms with Gasteiger partial charge in [-0.3, -0.25) is 0 Å². The summed E-state index contributed by atoms with van der Waals surface area (Å²) in [6.45, 7) is 12.0. The van der Waals surface area contributed by atoms with Crippen molar-refractivity contribution in [3.8, 4) is 5.75 Å². The number of hydrogen-bond acceptors (Lipinski definition) is 2. The molecule has 0 fully saturated rings. The van der Waals surface area contributed by atoms with Crippen molar-refractivity contribution in [3.63, 3.8) is 0 Å². The summed E-state index contributed by atoms with van der Waals surface area (Å²) in [4.78, 5) is 0. The van der Waals surface area contributed by atoms with E-state index in [9.17, 15) is 10.2 Å². The quantitative estimate of drug-likeness (QED) is 0.839. The van der Waals surface area contributed by atoms with Crippen LogP contribution in [0.25, 0.3) is 0 Å². The zero-order chi connectivity index (χ0) is 17.4. The molecule has 1 atom stereocenters. The third-order valence-electron chi connectivity index (χ3n) is 3.92. The highest BCUT2D eigenvalue weighted by molar-refractivity contribution is 7.55. The van der Waals surface area contributed by atoms with Gasteiger partial charge < -0.3 is 10.2 Å². The van der Waals surface area contributed by atoms with Crippen molar-refractivity contribution < 1.29 is 10.2 Å². The first kappa shape index (κ1) is 18.0. The van der Waals surface area contributed by atoms with Gasteiger partial charge in [0.05, 0.1) is 5.60 Å². The van der Waals surface area contributed by atoms with Gasteiger partial charge in [0.15, 0.2) is 0 Å². The molecule has 0 amide bonds. The second kappa shape index (κ2) is 6.26. The molecule has 0 heterocycles. The predicted octanol–water partition coefficient (Wildman–Crippen LogP) is 3.85. The number of aromatic hydroxyl groups is 1. The molecule has 3 heteroatoms. The van der Waals surface area contributed by atoms with E-state index in [1.54, 1.807) is 13.8 Å². The standard InChI is InChI=1S/C20H27O2P/c1-13-11-15(19(2,3)4)18(21)17(12-13)23-16-10-8-7-9-14(16)20(5,6)22/h7-12,21-23H,1-6H3. The first-order chi connectivity index (χ1) is 10.5. The number of hydrogen-bond donors (Lipinski definition) is 2. The number of phenolic OH excluding ortho intramolecular Hbond substituents is 1. The summed E-state index contributed by atoms with van der Waals surface area (Å²) in [5.41, 5.74) is 2.04. The SMILES string of the molecule is Cc1cc(Pc2ccccc2C(C)(C)O)c(O)c(C(C)(C)C)c1. The van der Waals surface area contributed by atoms with E-state index in [0.717, 1.165) is 27.3 Å². The van der Waals surface area contributed by atoms with Gasteiger partial charge >= 0.3 is 0 Å². The van der Waals surface area contributed by atoms with E-state index in [1.807, 2.05) is 30.3 Å². The van der Waals surface area contributed by atoms with Crippen LogP contribution < -0.4 is 10.6 Å². The molecule has 1 unspecified atom stereocenters. The maximum atomic E-state index is 10.7. The Morgan fingerprint density at radius 1 is 0.870 bits per heavy atom. The molecule has 0 saturated carbocycles. The lowest BCUT2D eigenvalue weighted by Gasteiger charge is -2.25. The Bertz CT molecular complexity index is 707. The van der Waals surface area contributed by atoms with Crippen LogP contribution in [-0.2, 0) is 11.0 Å². The minimum absolute atomic E-state index is 0.106. The van der Waals surface area contributed by atoms with Gasteiger partial charge in [0, 0.05) is 10.9 Å². The molecule has 0 aliphatic carbocycles. The molecule has 23 heavy (non-hydrogen) atoms. The summed E-state index contributed by atoms with van der Waals surface area (Å²) in [6, 6.07) is 12.0. The summed E-state index contributed by atoms with van der Waals surface area (Å²) in [5, 5.41) is 23.2. The summed E-state index contributed by atoms with van der Waals surface area (Å²) in [5.74, 6) is 0.381. The molecule has 0 bridgehead atoms. The molecule has 2 aromatic rings. The number of aryl methyl sites for hydroxylation is 1. The molecule has 2 nitrogen and oxygen atoms in total. The molecule has 2 rings (SSSR count). The van der Waals surface area contributed by atoms with Crippen LogP contribution in [-0.4, -0.2) is 10.2 Å². The second-order valence-electron chi connectivity index (χ2n) is 7.69. The van der Waals surface area contributed by atoms with Gasteiger partial charge in [-0.1, -0.05) is 59.7 Å². The summed E-state index contributed by atoms with van der Waals surface area (Å²) >= 11 is 0. The fourth-order valence-electron chi connectivity index (χ4n) is 2.72. The third-order valence-corrected chi connectivity index (χ3v) is 5.27. The summed E-state index contributed by atoms with van der Waals surface area (Å²) in [7, 11) is 0.310. The molecule has 0 aliphatic heterocycles. The predicted molar refractivity (Wildman–Crippen MR) is 101 cm³/mol. The van der Waals surface area contributed by atoms with Gasteiger partial charge in [0.2, 0.25) is 0 Å². The Hall–Kier alpha value is -1.37. The summed E-state index contributed by atoms with van der Waals surface area (Å²) < 4.78 is 0. The van der Waals surface area contributed by atoms with E-state index >= 15 is 0 Å². The van der Waals surface area contributed by atoms with Crippen LogP contribution in [0.2, 0.25) is 0 Å². The zero-order valence-corrected chi connectivity index (χ0v) is 15.9. The zero-order valence-electron chi connectivity index (χ0n) is 14.9. The molecular weight excluding hydrogens is 303 g/mol. The highest BCUT2D eigenvalue weighted by atomic mass is 31.1. The first-order valence-corrected chi connectivity index (χ1v) is 8.93. The van der Waals surface area contributed by atoms with Crippen molar-refractivity contribution in [1.82, 2.24) is 0 Å². The molecule has 2 N–H and O–H groups in total. The van der Waals surface area contributed by atoms with Crippen molar-refractivity contribution >= 4 is 19.2 Å². The monoisotopic (exact) mass is 330 g/mol. The Morgan fingerprint density at radius 3 is 2.04 bits per heavy atom. The van der Waals surface area contributed by atoms with Crippen LogP contribution in [0.5, 0.6) is 5.75 Å². The highest BCUT2D eigenvalue weighted by Gasteiger charge is 2.23. The van der Waals surface area contributed by atoms with Crippen molar-refractivity contribution in [3.05, 3.63) is 53.1 Å². The number of rotatable bonds is 3.